The van der Waals surface area contributed by atoms with E-state index in [1.54, 1.807) is 17.8 Å². The second-order valence-electron chi connectivity index (χ2n) is 4.60. The van der Waals surface area contributed by atoms with Gasteiger partial charge in [0.2, 0.25) is 0 Å². The lowest BCUT2D eigenvalue weighted by molar-refractivity contribution is 0.0602. The van der Waals surface area contributed by atoms with Gasteiger partial charge in [-0.05, 0) is 40.2 Å². The molecule has 0 saturated heterocycles. The molecule has 0 spiro atoms. The fourth-order valence-electron chi connectivity index (χ4n) is 2.12. The van der Waals surface area contributed by atoms with Gasteiger partial charge in [0.05, 0.1) is 12.8 Å². The zero-order valence-corrected chi connectivity index (χ0v) is 14.2. The van der Waals surface area contributed by atoms with Crippen LogP contribution < -0.4 is 0 Å². The summed E-state index contributed by atoms with van der Waals surface area (Å²) in [6.07, 6.45) is 3.81. The summed E-state index contributed by atoms with van der Waals surface area (Å²) in [5, 5.41) is 0. The Kier molecular flexibility index (Phi) is 4.49. The molecule has 0 atom stereocenters. The topological polar surface area (TPSA) is 43.6 Å². The summed E-state index contributed by atoms with van der Waals surface area (Å²) >= 11 is 5.23. The summed E-state index contributed by atoms with van der Waals surface area (Å²) < 4.78 is 7.71. The Morgan fingerprint density at radius 2 is 2.14 bits per heavy atom. The van der Waals surface area contributed by atoms with Gasteiger partial charge < -0.3 is 9.14 Å². The number of imidazole rings is 1. The number of nitrogens with zero attached hydrogens (tertiary/aromatic N) is 2. The third-order valence-corrected chi connectivity index (χ3v) is 5.21. The number of methoxy groups -OCH3 is 1. The van der Waals surface area contributed by atoms with E-state index in [0.29, 0.717) is 11.2 Å². The number of esters is 1. The van der Waals surface area contributed by atoms with E-state index in [9.17, 15) is 4.79 Å². The lowest BCUT2D eigenvalue weighted by Crippen LogP contribution is -2.03. The number of carbonyl (C=O) groups is 1. The van der Waals surface area contributed by atoms with Crippen LogP contribution in [0.5, 0.6) is 0 Å². The molecule has 4 nitrogen and oxygen atoms in total. The van der Waals surface area contributed by atoms with E-state index >= 15 is 0 Å². The highest BCUT2D eigenvalue weighted by molar-refractivity contribution is 9.10. The second-order valence-corrected chi connectivity index (χ2v) is 6.47. The third-order valence-electron chi connectivity index (χ3n) is 3.15. The van der Waals surface area contributed by atoms with Gasteiger partial charge in [0.1, 0.15) is 5.56 Å². The largest absolute Gasteiger partial charge is 0.465 e. The van der Waals surface area contributed by atoms with Crippen LogP contribution in [0.15, 0.2) is 58.2 Å². The van der Waals surface area contributed by atoms with Crippen LogP contribution in [-0.2, 0) is 10.5 Å². The standard InChI is InChI=1S/C16H13BrN2O2S/c1-21-16(20)12-5-4-8-19-9-11(18-15(12)19)10-22-14-7-3-2-6-13(14)17/h2-9H,10H2,1H3. The van der Waals surface area contributed by atoms with Gasteiger partial charge in [-0.2, -0.15) is 0 Å². The maximum atomic E-state index is 11.8. The van der Waals surface area contributed by atoms with Crippen molar-refractivity contribution >= 4 is 39.3 Å². The molecule has 0 aliphatic heterocycles. The van der Waals surface area contributed by atoms with E-state index < -0.39 is 0 Å². The van der Waals surface area contributed by atoms with Crippen LogP contribution >= 0.6 is 27.7 Å². The zero-order chi connectivity index (χ0) is 15.5. The van der Waals surface area contributed by atoms with Crippen molar-refractivity contribution in [1.82, 2.24) is 9.38 Å². The summed E-state index contributed by atoms with van der Waals surface area (Å²) in [6, 6.07) is 11.6. The minimum atomic E-state index is -0.374. The lowest BCUT2D eigenvalue weighted by atomic mass is 10.3. The summed E-state index contributed by atoms with van der Waals surface area (Å²) in [5.41, 5.74) is 2.01. The van der Waals surface area contributed by atoms with Crippen molar-refractivity contribution in [3.05, 3.63) is 64.5 Å². The SMILES string of the molecule is COC(=O)c1cccn2cc(CSc3ccccc3Br)nc12. The first-order chi connectivity index (χ1) is 10.7. The molecule has 112 valence electrons. The van der Waals surface area contributed by atoms with Crippen molar-refractivity contribution in [2.24, 2.45) is 0 Å². The molecule has 0 amide bonds. The molecule has 6 heteroatoms. The van der Waals surface area contributed by atoms with Gasteiger partial charge in [-0.1, -0.05) is 12.1 Å². The molecule has 0 aliphatic rings. The molecule has 1 aromatic carbocycles. The first kappa shape index (κ1) is 15.1. The number of hydrogen-bond acceptors (Lipinski definition) is 4. The van der Waals surface area contributed by atoms with Gasteiger partial charge in [-0.25, -0.2) is 9.78 Å². The number of fused-ring (bicyclic) bond motifs is 1. The fraction of sp³-hybridized carbons (Fsp3) is 0.125. The molecule has 0 N–H and O–H groups in total. The maximum Gasteiger partial charge on any atom is 0.341 e. The van der Waals surface area contributed by atoms with Crippen molar-refractivity contribution in [2.75, 3.05) is 7.11 Å². The average molecular weight is 377 g/mol. The number of carbonyl (C=O) groups excluding carboxylic acids is 1. The Bertz CT molecular complexity index is 832. The second kappa shape index (κ2) is 6.54. The van der Waals surface area contributed by atoms with Gasteiger partial charge in [0.15, 0.2) is 5.65 Å². The Hall–Kier alpha value is -1.79. The Morgan fingerprint density at radius 1 is 1.32 bits per heavy atom. The number of rotatable bonds is 4. The maximum absolute atomic E-state index is 11.8. The smallest absolute Gasteiger partial charge is 0.341 e. The number of pyridine rings is 1. The monoisotopic (exact) mass is 376 g/mol. The fourth-order valence-corrected chi connectivity index (χ4v) is 3.57. The molecule has 2 aromatic heterocycles. The summed E-state index contributed by atoms with van der Waals surface area (Å²) in [6.45, 7) is 0. The van der Waals surface area contributed by atoms with E-state index in [1.165, 1.54) is 7.11 Å². The Morgan fingerprint density at radius 3 is 2.91 bits per heavy atom. The molecular weight excluding hydrogens is 364 g/mol. The number of thioether (sulfide) groups is 1. The van der Waals surface area contributed by atoms with Crippen molar-refractivity contribution in [2.45, 2.75) is 10.6 Å². The Labute approximate surface area is 140 Å². The third kappa shape index (κ3) is 3.03. The predicted molar refractivity (Wildman–Crippen MR) is 90.2 cm³/mol. The highest BCUT2D eigenvalue weighted by atomic mass is 79.9. The molecule has 3 rings (SSSR count). The minimum absolute atomic E-state index is 0.374. The first-order valence-corrected chi connectivity index (χ1v) is 8.39. The number of halogens is 1. The molecule has 2 heterocycles. The zero-order valence-electron chi connectivity index (χ0n) is 11.8. The van der Waals surface area contributed by atoms with Gasteiger partial charge in [0.25, 0.3) is 0 Å². The molecule has 0 radical (unpaired) electrons. The number of aromatic nitrogens is 2. The van der Waals surface area contributed by atoms with Crippen LogP contribution in [0.4, 0.5) is 0 Å². The van der Waals surface area contributed by atoms with Crippen LogP contribution in [0.1, 0.15) is 16.1 Å². The van der Waals surface area contributed by atoms with Crippen molar-refractivity contribution in [1.29, 1.82) is 0 Å². The van der Waals surface area contributed by atoms with Gasteiger partial charge in [-0.15, -0.1) is 11.8 Å². The molecule has 22 heavy (non-hydrogen) atoms. The quantitative estimate of drug-likeness (QED) is 0.506. The molecule has 0 fully saturated rings. The Balaban J connectivity index is 1.86. The number of benzene rings is 1. The molecule has 3 aromatic rings. The van der Waals surface area contributed by atoms with E-state index in [-0.39, 0.29) is 5.97 Å². The van der Waals surface area contributed by atoms with Crippen molar-refractivity contribution in [3.8, 4) is 0 Å². The van der Waals surface area contributed by atoms with Crippen LogP contribution in [0, 0.1) is 0 Å². The summed E-state index contributed by atoms with van der Waals surface area (Å²) in [4.78, 5) is 17.5. The van der Waals surface area contributed by atoms with Crippen LogP contribution in [-0.4, -0.2) is 22.5 Å². The van der Waals surface area contributed by atoms with Gasteiger partial charge in [-0.3, -0.25) is 0 Å². The van der Waals surface area contributed by atoms with Gasteiger partial charge in [0, 0.05) is 27.5 Å². The molecule has 0 saturated carbocycles. The summed E-state index contributed by atoms with van der Waals surface area (Å²) in [5.74, 6) is 0.353. The molecular formula is C16H13BrN2O2S. The van der Waals surface area contributed by atoms with E-state index in [2.05, 4.69) is 27.0 Å². The highest BCUT2D eigenvalue weighted by Crippen LogP contribution is 2.29. The van der Waals surface area contributed by atoms with Crippen molar-refractivity contribution in [3.63, 3.8) is 0 Å². The van der Waals surface area contributed by atoms with Gasteiger partial charge >= 0.3 is 5.97 Å². The average Bonchev–Trinajstić information content (AvgIpc) is 2.96. The minimum Gasteiger partial charge on any atom is -0.465 e. The highest BCUT2D eigenvalue weighted by Gasteiger charge is 2.13. The lowest BCUT2D eigenvalue weighted by Gasteiger charge is -2.01. The molecule has 0 unspecified atom stereocenters. The molecule has 0 aliphatic carbocycles. The van der Waals surface area contributed by atoms with Crippen LogP contribution in [0.25, 0.3) is 5.65 Å². The summed E-state index contributed by atoms with van der Waals surface area (Å²) in [7, 11) is 1.37. The first-order valence-electron chi connectivity index (χ1n) is 6.61. The number of ether oxygens (including phenoxy) is 1. The number of hydrogen-bond donors (Lipinski definition) is 0. The van der Waals surface area contributed by atoms with E-state index in [1.807, 2.05) is 41.1 Å². The normalized spacial score (nSPS) is 10.8. The van der Waals surface area contributed by atoms with Crippen molar-refractivity contribution < 1.29 is 9.53 Å². The van der Waals surface area contributed by atoms with Crippen LogP contribution in [0.2, 0.25) is 0 Å². The van der Waals surface area contributed by atoms with E-state index in [0.717, 1.165) is 20.8 Å². The van der Waals surface area contributed by atoms with Crippen LogP contribution in [0.3, 0.4) is 0 Å². The molecule has 0 bridgehead atoms. The van der Waals surface area contributed by atoms with E-state index in [4.69, 9.17) is 4.74 Å². The predicted octanol–water partition coefficient (Wildman–Crippen LogP) is 4.18.